The van der Waals surface area contributed by atoms with Crippen molar-refractivity contribution in [2.24, 2.45) is 5.92 Å². The van der Waals surface area contributed by atoms with Gasteiger partial charge in [0.25, 0.3) is 10.2 Å². The number of hydrogen-bond acceptors (Lipinski definition) is 3. The third-order valence-corrected chi connectivity index (χ3v) is 6.00. The van der Waals surface area contributed by atoms with Crippen LogP contribution in [0, 0.1) is 5.92 Å². The van der Waals surface area contributed by atoms with Crippen LogP contribution in [0.1, 0.15) is 45.4 Å². The molecule has 2 aliphatic heterocycles. The van der Waals surface area contributed by atoms with Crippen molar-refractivity contribution >= 4 is 22.6 Å². The van der Waals surface area contributed by atoms with Crippen molar-refractivity contribution in [2.75, 3.05) is 26.2 Å². The number of rotatable bonds is 4. The predicted molar refractivity (Wildman–Crippen MR) is 84.4 cm³/mol. The molecule has 0 amide bonds. The van der Waals surface area contributed by atoms with E-state index in [2.05, 4.69) is 10.0 Å². The Hall–Kier alpha value is 0.120. The van der Waals surface area contributed by atoms with Crippen LogP contribution >= 0.6 is 12.4 Å². The molecule has 2 N–H and O–H groups in total. The van der Waals surface area contributed by atoms with Crippen LogP contribution in [0.5, 0.6) is 0 Å². The molecule has 5 nitrogen and oxygen atoms in total. The Morgan fingerprint density at radius 3 is 2.35 bits per heavy atom. The highest BCUT2D eigenvalue weighted by Gasteiger charge is 2.28. The standard InChI is InChI=1S/C13H27N3O2S.ClH/c1-12(13-7-6-8-14-11-13)15-19(17,18)16-9-4-2-3-5-10-16;/h12-15H,2-11H2,1H3;1H. The molecule has 0 spiro atoms. The van der Waals surface area contributed by atoms with Crippen LogP contribution in [0.3, 0.4) is 0 Å². The maximum Gasteiger partial charge on any atom is 0.279 e. The predicted octanol–water partition coefficient (Wildman–Crippen LogP) is 1.51. The van der Waals surface area contributed by atoms with Crippen molar-refractivity contribution in [3.63, 3.8) is 0 Å². The first-order valence-corrected chi connectivity index (χ1v) is 9.02. The minimum atomic E-state index is -3.30. The summed E-state index contributed by atoms with van der Waals surface area (Å²) in [4.78, 5) is 0. The second kappa shape index (κ2) is 8.54. The van der Waals surface area contributed by atoms with Gasteiger partial charge in [-0.25, -0.2) is 0 Å². The lowest BCUT2D eigenvalue weighted by Gasteiger charge is -2.30. The van der Waals surface area contributed by atoms with E-state index in [9.17, 15) is 8.42 Å². The molecule has 2 aliphatic rings. The van der Waals surface area contributed by atoms with Gasteiger partial charge < -0.3 is 5.32 Å². The Kier molecular flexibility index (Phi) is 7.75. The maximum atomic E-state index is 12.4. The summed E-state index contributed by atoms with van der Waals surface area (Å²) in [7, 11) is -3.30. The zero-order chi connectivity index (χ0) is 13.7. The van der Waals surface area contributed by atoms with E-state index in [-0.39, 0.29) is 18.4 Å². The minimum absolute atomic E-state index is 0. The molecule has 0 saturated carbocycles. The Labute approximate surface area is 129 Å². The van der Waals surface area contributed by atoms with E-state index in [4.69, 9.17) is 0 Å². The Balaban J connectivity index is 0.00000200. The maximum absolute atomic E-state index is 12.4. The third-order valence-electron chi connectivity index (χ3n) is 4.28. The average Bonchev–Trinajstić information content (AvgIpc) is 2.68. The summed E-state index contributed by atoms with van der Waals surface area (Å²) >= 11 is 0. The third kappa shape index (κ3) is 5.15. The van der Waals surface area contributed by atoms with Crippen LogP contribution in [-0.4, -0.2) is 44.9 Å². The van der Waals surface area contributed by atoms with Gasteiger partial charge in [-0.1, -0.05) is 12.8 Å². The zero-order valence-electron chi connectivity index (χ0n) is 12.3. The number of piperidine rings is 1. The van der Waals surface area contributed by atoms with Crippen LogP contribution in [0.4, 0.5) is 0 Å². The topological polar surface area (TPSA) is 61.4 Å². The minimum Gasteiger partial charge on any atom is -0.316 e. The molecule has 2 atom stereocenters. The molecule has 2 rings (SSSR count). The summed E-state index contributed by atoms with van der Waals surface area (Å²) in [6.07, 6.45) is 6.51. The molecule has 2 heterocycles. The SMILES string of the molecule is CC(NS(=O)(=O)N1CCCCCC1)C1CCCNC1.Cl. The molecule has 120 valence electrons. The highest BCUT2D eigenvalue weighted by Crippen LogP contribution is 2.17. The number of hydrogen-bond donors (Lipinski definition) is 2. The quantitative estimate of drug-likeness (QED) is 0.823. The molecular formula is C13H28ClN3O2S. The highest BCUT2D eigenvalue weighted by molar-refractivity contribution is 7.87. The summed E-state index contributed by atoms with van der Waals surface area (Å²) in [6.45, 7) is 5.31. The summed E-state index contributed by atoms with van der Waals surface area (Å²) in [5, 5.41) is 3.34. The molecule has 7 heteroatoms. The first-order valence-electron chi connectivity index (χ1n) is 7.58. The Morgan fingerprint density at radius 1 is 1.15 bits per heavy atom. The van der Waals surface area contributed by atoms with Gasteiger partial charge in [0.1, 0.15) is 0 Å². The van der Waals surface area contributed by atoms with Crippen LogP contribution in [0.2, 0.25) is 0 Å². The van der Waals surface area contributed by atoms with Gasteiger partial charge in [0.2, 0.25) is 0 Å². The van der Waals surface area contributed by atoms with Crippen molar-refractivity contribution < 1.29 is 8.42 Å². The normalized spacial score (nSPS) is 27.4. The molecular weight excluding hydrogens is 298 g/mol. The fourth-order valence-corrected chi connectivity index (χ4v) is 4.54. The summed E-state index contributed by atoms with van der Waals surface area (Å²) in [5.41, 5.74) is 0. The van der Waals surface area contributed by atoms with Gasteiger partial charge in [0, 0.05) is 19.1 Å². The fourth-order valence-electron chi connectivity index (χ4n) is 2.99. The van der Waals surface area contributed by atoms with Crippen LogP contribution < -0.4 is 10.0 Å². The van der Waals surface area contributed by atoms with E-state index in [0.29, 0.717) is 19.0 Å². The fraction of sp³-hybridized carbons (Fsp3) is 1.00. The second-order valence-electron chi connectivity index (χ2n) is 5.83. The molecule has 0 aromatic rings. The molecule has 0 bridgehead atoms. The Bertz CT molecular complexity index is 364. The van der Waals surface area contributed by atoms with E-state index in [1.165, 1.54) is 0 Å². The molecule has 0 aromatic heterocycles. The van der Waals surface area contributed by atoms with Gasteiger partial charge in [0.05, 0.1) is 0 Å². The summed E-state index contributed by atoms with van der Waals surface area (Å²) in [6, 6.07) is 0.0149. The van der Waals surface area contributed by atoms with E-state index in [1.54, 1.807) is 4.31 Å². The van der Waals surface area contributed by atoms with Crippen LogP contribution in [0.25, 0.3) is 0 Å². The van der Waals surface area contributed by atoms with Gasteiger partial charge in [-0.2, -0.15) is 17.4 Å². The molecule has 0 aromatic carbocycles. The molecule has 2 fully saturated rings. The lowest BCUT2D eigenvalue weighted by atomic mass is 9.94. The van der Waals surface area contributed by atoms with E-state index >= 15 is 0 Å². The van der Waals surface area contributed by atoms with Crippen molar-refractivity contribution in [3.05, 3.63) is 0 Å². The van der Waals surface area contributed by atoms with E-state index in [0.717, 1.165) is 51.6 Å². The summed E-state index contributed by atoms with van der Waals surface area (Å²) < 4.78 is 29.3. The second-order valence-corrected chi connectivity index (χ2v) is 7.53. The van der Waals surface area contributed by atoms with Crippen molar-refractivity contribution in [1.29, 1.82) is 0 Å². The molecule has 2 saturated heterocycles. The van der Waals surface area contributed by atoms with E-state index in [1.807, 2.05) is 6.92 Å². The lowest BCUT2D eigenvalue weighted by Crippen LogP contribution is -2.49. The zero-order valence-corrected chi connectivity index (χ0v) is 13.9. The monoisotopic (exact) mass is 325 g/mol. The van der Waals surface area contributed by atoms with Crippen LogP contribution in [0.15, 0.2) is 0 Å². The Morgan fingerprint density at radius 2 is 1.80 bits per heavy atom. The first-order chi connectivity index (χ1) is 9.09. The first kappa shape index (κ1) is 18.2. The van der Waals surface area contributed by atoms with Gasteiger partial charge in [-0.3, -0.25) is 0 Å². The highest BCUT2D eigenvalue weighted by atomic mass is 35.5. The van der Waals surface area contributed by atoms with Crippen molar-refractivity contribution in [1.82, 2.24) is 14.3 Å². The average molecular weight is 326 g/mol. The van der Waals surface area contributed by atoms with Gasteiger partial charge >= 0.3 is 0 Å². The number of nitrogens with zero attached hydrogens (tertiary/aromatic N) is 1. The van der Waals surface area contributed by atoms with Gasteiger partial charge in [0.15, 0.2) is 0 Å². The van der Waals surface area contributed by atoms with Crippen LogP contribution in [-0.2, 0) is 10.2 Å². The molecule has 0 radical (unpaired) electrons. The summed E-state index contributed by atoms with van der Waals surface area (Å²) in [5.74, 6) is 0.413. The molecule has 20 heavy (non-hydrogen) atoms. The van der Waals surface area contributed by atoms with Crippen molar-refractivity contribution in [3.8, 4) is 0 Å². The molecule has 0 aliphatic carbocycles. The van der Waals surface area contributed by atoms with E-state index < -0.39 is 10.2 Å². The lowest BCUT2D eigenvalue weighted by molar-refractivity contribution is 0.312. The largest absolute Gasteiger partial charge is 0.316 e. The van der Waals surface area contributed by atoms with Crippen molar-refractivity contribution in [2.45, 2.75) is 51.5 Å². The number of nitrogens with one attached hydrogen (secondary N) is 2. The van der Waals surface area contributed by atoms with Gasteiger partial charge in [-0.15, -0.1) is 12.4 Å². The molecule has 2 unspecified atom stereocenters. The smallest absolute Gasteiger partial charge is 0.279 e. The van der Waals surface area contributed by atoms with Gasteiger partial charge in [-0.05, 0) is 51.6 Å². The number of halogens is 1.